The van der Waals surface area contributed by atoms with Crippen molar-refractivity contribution in [1.82, 2.24) is 0 Å². The third kappa shape index (κ3) is 3.76. The molecule has 0 aliphatic rings. The van der Waals surface area contributed by atoms with Crippen LogP contribution in [0.2, 0.25) is 5.02 Å². The van der Waals surface area contributed by atoms with Crippen LogP contribution in [-0.4, -0.2) is 13.4 Å². The highest BCUT2D eigenvalue weighted by molar-refractivity contribution is 7.12. The van der Waals surface area contributed by atoms with E-state index in [9.17, 15) is 4.79 Å². The van der Waals surface area contributed by atoms with Crippen LogP contribution in [0.4, 0.5) is 5.69 Å². The van der Waals surface area contributed by atoms with Crippen molar-refractivity contribution >= 4 is 45.7 Å². The molecular formula is C21H20ClNO2S. The summed E-state index contributed by atoms with van der Waals surface area (Å²) in [4.78, 5) is 11.7. The van der Waals surface area contributed by atoms with Crippen LogP contribution < -0.4 is 10.1 Å². The first-order chi connectivity index (χ1) is 12.5. The predicted octanol–water partition coefficient (Wildman–Crippen LogP) is 6.18. The summed E-state index contributed by atoms with van der Waals surface area (Å²) >= 11 is 7.80. The second-order valence-corrected chi connectivity index (χ2v) is 7.53. The summed E-state index contributed by atoms with van der Waals surface area (Å²) in [7, 11) is 1.62. The van der Waals surface area contributed by atoms with Crippen LogP contribution in [0.25, 0.3) is 10.8 Å². The second-order valence-electron chi connectivity index (χ2n) is 6.21. The molecule has 1 heterocycles. The van der Waals surface area contributed by atoms with E-state index in [4.69, 9.17) is 16.3 Å². The summed E-state index contributed by atoms with van der Waals surface area (Å²) < 4.78 is 5.27. The van der Waals surface area contributed by atoms with Gasteiger partial charge in [0.25, 0.3) is 0 Å². The van der Waals surface area contributed by atoms with E-state index in [0.29, 0.717) is 15.6 Å². The van der Waals surface area contributed by atoms with Crippen molar-refractivity contribution in [2.75, 3.05) is 12.4 Å². The van der Waals surface area contributed by atoms with Crippen LogP contribution in [0.5, 0.6) is 5.75 Å². The van der Waals surface area contributed by atoms with Crippen molar-refractivity contribution in [1.29, 1.82) is 0 Å². The molecule has 0 spiro atoms. The molecule has 0 bridgehead atoms. The third-order valence-electron chi connectivity index (χ3n) is 4.44. The van der Waals surface area contributed by atoms with Crippen molar-refractivity contribution < 1.29 is 9.53 Å². The molecule has 3 nitrogen and oxygen atoms in total. The van der Waals surface area contributed by atoms with Crippen LogP contribution in [0.3, 0.4) is 0 Å². The highest BCUT2D eigenvalue weighted by atomic mass is 35.5. The molecule has 0 saturated carbocycles. The van der Waals surface area contributed by atoms with Gasteiger partial charge in [-0.05, 0) is 40.8 Å². The number of carbonyl (C=O) groups is 1. The number of thiophene rings is 1. The largest absolute Gasteiger partial charge is 0.495 e. The number of hydrogen-bond donors (Lipinski definition) is 1. The van der Waals surface area contributed by atoms with E-state index in [1.807, 2.05) is 29.6 Å². The maximum Gasteiger partial charge on any atom is 0.162 e. The number of carbonyl (C=O) groups excluding carboxylic acids is 1. The Labute approximate surface area is 162 Å². The van der Waals surface area contributed by atoms with Crippen LogP contribution in [-0.2, 0) is 6.42 Å². The summed E-state index contributed by atoms with van der Waals surface area (Å²) in [6, 6.07) is 12.1. The van der Waals surface area contributed by atoms with Crippen molar-refractivity contribution in [3.8, 4) is 5.75 Å². The van der Waals surface area contributed by atoms with Gasteiger partial charge in [0.05, 0.1) is 22.7 Å². The third-order valence-corrected chi connectivity index (χ3v) is 5.67. The number of anilines is 1. The number of nitrogens with one attached hydrogen (secondary N) is 1. The first kappa shape index (κ1) is 18.5. The molecule has 26 heavy (non-hydrogen) atoms. The Morgan fingerprint density at radius 1 is 1.35 bits per heavy atom. The summed E-state index contributed by atoms with van der Waals surface area (Å²) in [6.07, 6.45) is 1.71. The van der Waals surface area contributed by atoms with Crippen molar-refractivity contribution in [2.45, 2.75) is 13.3 Å². The van der Waals surface area contributed by atoms with Crippen LogP contribution in [0.1, 0.15) is 22.2 Å². The average Bonchev–Trinajstić information content (AvgIpc) is 3.09. The molecule has 0 radical (unpaired) electrons. The Morgan fingerprint density at radius 3 is 2.88 bits per heavy atom. The van der Waals surface area contributed by atoms with Gasteiger partial charge in [-0.3, -0.25) is 4.79 Å². The number of benzene rings is 2. The van der Waals surface area contributed by atoms with Gasteiger partial charge >= 0.3 is 0 Å². The van der Waals surface area contributed by atoms with E-state index in [-0.39, 0.29) is 5.92 Å². The molecule has 134 valence electrons. The highest BCUT2D eigenvalue weighted by Gasteiger charge is 2.12. The topological polar surface area (TPSA) is 38.3 Å². The summed E-state index contributed by atoms with van der Waals surface area (Å²) in [5, 5.41) is 7.86. The average molecular weight is 386 g/mol. The van der Waals surface area contributed by atoms with E-state index in [2.05, 4.69) is 31.0 Å². The second kappa shape index (κ2) is 7.94. The molecular weight excluding hydrogens is 366 g/mol. The molecule has 1 unspecified atom stereocenters. The van der Waals surface area contributed by atoms with Gasteiger partial charge in [-0.2, -0.15) is 0 Å². The molecule has 3 rings (SSSR count). The van der Waals surface area contributed by atoms with E-state index in [0.717, 1.165) is 34.9 Å². The van der Waals surface area contributed by atoms with E-state index >= 15 is 0 Å². The van der Waals surface area contributed by atoms with E-state index in [1.54, 1.807) is 7.11 Å². The zero-order valence-electron chi connectivity index (χ0n) is 14.7. The molecule has 3 aromatic rings. The van der Waals surface area contributed by atoms with E-state index in [1.165, 1.54) is 16.9 Å². The zero-order valence-corrected chi connectivity index (χ0v) is 16.3. The summed E-state index contributed by atoms with van der Waals surface area (Å²) in [5.41, 5.74) is 2.91. The molecule has 2 aromatic carbocycles. The maximum atomic E-state index is 11.0. The number of methoxy groups -OCH3 is 1. The molecule has 0 fully saturated rings. The number of allylic oxidation sites excluding steroid dienone is 1. The number of aldehydes is 1. The number of ether oxygens (including phenoxy) is 1. The lowest BCUT2D eigenvalue weighted by molar-refractivity contribution is 0.112. The number of halogens is 1. The van der Waals surface area contributed by atoms with Gasteiger partial charge in [-0.25, -0.2) is 0 Å². The lowest BCUT2D eigenvalue weighted by atomic mass is 9.96. The van der Waals surface area contributed by atoms with Crippen LogP contribution in [0.15, 0.2) is 54.1 Å². The molecule has 5 heteroatoms. The fourth-order valence-corrected chi connectivity index (χ4v) is 3.86. The van der Waals surface area contributed by atoms with Gasteiger partial charge in [0, 0.05) is 11.1 Å². The van der Waals surface area contributed by atoms with Gasteiger partial charge in [-0.1, -0.05) is 49.4 Å². The Balaban J connectivity index is 1.75. The normalized spacial score (nSPS) is 12.0. The minimum atomic E-state index is 0.209. The Kier molecular flexibility index (Phi) is 5.64. The maximum absolute atomic E-state index is 11.0. The fourth-order valence-electron chi connectivity index (χ4n) is 2.89. The number of rotatable bonds is 7. The van der Waals surface area contributed by atoms with Gasteiger partial charge in [0.15, 0.2) is 6.29 Å². The predicted molar refractivity (Wildman–Crippen MR) is 111 cm³/mol. The van der Waals surface area contributed by atoms with E-state index < -0.39 is 0 Å². The molecule has 0 amide bonds. The standard InChI is InChI=1S/C21H20ClNO2S/c1-13(14(2)23-18-8-9-26-20(18)12-24)10-15-4-6-17-16(11-15)5-7-19(25-3)21(17)22/h4-9,11-13,23H,2,10H2,1,3H3. The molecule has 0 saturated heterocycles. The Hall–Kier alpha value is -2.30. The quantitative estimate of drug-likeness (QED) is 0.493. The molecule has 0 aliphatic heterocycles. The van der Waals surface area contributed by atoms with Crippen LogP contribution >= 0.6 is 22.9 Å². The molecule has 1 N–H and O–H groups in total. The lowest BCUT2D eigenvalue weighted by Gasteiger charge is -2.17. The van der Waals surface area contributed by atoms with Crippen molar-refractivity contribution in [2.24, 2.45) is 5.92 Å². The highest BCUT2D eigenvalue weighted by Crippen LogP contribution is 2.33. The van der Waals surface area contributed by atoms with Gasteiger partial charge in [0.1, 0.15) is 5.75 Å². The first-order valence-electron chi connectivity index (χ1n) is 8.27. The Morgan fingerprint density at radius 2 is 2.15 bits per heavy atom. The SMILES string of the molecule is C=C(Nc1ccsc1C=O)C(C)Cc1ccc2c(Cl)c(OC)ccc2c1. The van der Waals surface area contributed by atoms with Gasteiger partial charge in [0.2, 0.25) is 0 Å². The fraction of sp³-hybridized carbons (Fsp3) is 0.190. The van der Waals surface area contributed by atoms with Crippen molar-refractivity contribution in [3.05, 3.63) is 69.5 Å². The molecule has 0 aliphatic carbocycles. The zero-order chi connectivity index (χ0) is 18.7. The van der Waals surface area contributed by atoms with Gasteiger partial charge in [-0.15, -0.1) is 11.3 Å². The minimum absolute atomic E-state index is 0.209. The Bertz CT molecular complexity index is 964. The summed E-state index contributed by atoms with van der Waals surface area (Å²) in [5.74, 6) is 0.889. The smallest absolute Gasteiger partial charge is 0.162 e. The van der Waals surface area contributed by atoms with Crippen molar-refractivity contribution in [3.63, 3.8) is 0 Å². The van der Waals surface area contributed by atoms with Crippen LogP contribution in [0, 0.1) is 5.92 Å². The first-order valence-corrected chi connectivity index (χ1v) is 9.53. The number of fused-ring (bicyclic) bond motifs is 1. The molecule has 1 aromatic heterocycles. The van der Waals surface area contributed by atoms with Gasteiger partial charge < -0.3 is 10.1 Å². The summed E-state index contributed by atoms with van der Waals surface area (Å²) in [6.45, 7) is 6.26. The number of hydrogen-bond acceptors (Lipinski definition) is 4. The monoisotopic (exact) mass is 385 g/mol. The minimum Gasteiger partial charge on any atom is -0.495 e. The molecule has 1 atom stereocenters. The lowest BCUT2D eigenvalue weighted by Crippen LogP contribution is -2.10.